The molecule has 2 atom stereocenters. The van der Waals surface area contributed by atoms with E-state index >= 15 is 0 Å². The molecule has 0 amide bonds. The van der Waals surface area contributed by atoms with Crippen LogP contribution >= 0.6 is 0 Å². The first-order chi connectivity index (χ1) is 6.33. The molecule has 0 saturated heterocycles. The summed E-state index contributed by atoms with van der Waals surface area (Å²) in [7, 11) is -1.34. The van der Waals surface area contributed by atoms with Gasteiger partial charge in [-0.3, -0.25) is 0 Å². The first kappa shape index (κ1) is 11.8. The summed E-state index contributed by atoms with van der Waals surface area (Å²) >= 11 is 0. The van der Waals surface area contributed by atoms with E-state index in [-0.39, 0.29) is 0 Å². The van der Waals surface area contributed by atoms with Crippen LogP contribution in [0.4, 0.5) is 0 Å². The third kappa shape index (κ3) is 3.15. The van der Waals surface area contributed by atoms with Crippen LogP contribution in [0.15, 0.2) is 0 Å². The van der Waals surface area contributed by atoms with Crippen molar-refractivity contribution in [2.75, 3.05) is 0 Å². The summed E-state index contributed by atoms with van der Waals surface area (Å²) in [6, 6.07) is 0. The molecule has 1 nitrogen and oxygen atoms in total. The summed E-state index contributed by atoms with van der Waals surface area (Å²) in [5, 5.41) is 10.4. The highest BCUT2D eigenvalue weighted by molar-refractivity contribution is 6.83. The number of hydrogen-bond acceptors (Lipinski definition) is 1. The number of hydrogen-bond donors (Lipinski definition) is 1. The lowest BCUT2D eigenvalue weighted by Gasteiger charge is -2.34. The zero-order chi connectivity index (χ0) is 10.8. The lowest BCUT2D eigenvalue weighted by Crippen LogP contribution is -2.38. The van der Waals surface area contributed by atoms with Crippen molar-refractivity contribution in [2.45, 2.75) is 57.8 Å². The molecule has 1 rings (SSSR count). The summed E-state index contributed by atoms with van der Waals surface area (Å²) in [4.78, 5) is 0. The van der Waals surface area contributed by atoms with E-state index in [4.69, 9.17) is 0 Å². The van der Waals surface area contributed by atoms with Gasteiger partial charge in [-0.05, 0) is 25.2 Å². The number of rotatable bonds is 0. The molecule has 0 heterocycles. The van der Waals surface area contributed by atoms with E-state index in [1.807, 2.05) is 0 Å². The molecule has 2 unspecified atom stereocenters. The van der Waals surface area contributed by atoms with E-state index in [2.05, 4.69) is 38.0 Å². The maximum absolute atomic E-state index is 10.4. The highest BCUT2D eigenvalue weighted by Gasteiger charge is 2.34. The van der Waals surface area contributed by atoms with E-state index in [0.29, 0.717) is 5.92 Å². The lowest BCUT2D eigenvalue weighted by molar-refractivity contribution is 0.0127. The van der Waals surface area contributed by atoms with Gasteiger partial charge in [0.05, 0.1) is 0 Å². The maximum Gasteiger partial charge on any atom is 0.129 e. The van der Waals surface area contributed by atoms with Crippen molar-refractivity contribution in [3.8, 4) is 11.5 Å². The molecule has 1 N–H and O–H groups in total. The van der Waals surface area contributed by atoms with Gasteiger partial charge in [-0.15, -0.1) is 5.54 Å². The predicted octanol–water partition coefficient (Wildman–Crippen LogP) is 2.81. The minimum Gasteiger partial charge on any atom is -0.377 e. The van der Waals surface area contributed by atoms with Crippen molar-refractivity contribution in [3.63, 3.8) is 0 Å². The second kappa shape index (κ2) is 4.08. The van der Waals surface area contributed by atoms with Gasteiger partial charge in [0.25, 0.3) is 0 Å². The smallest absolute Gasteiger partial charge is 0.129 e. The Balaban J connectivity index is 2.76. The zero-order valence-corrected chi connectivity index (χ0v) is 10.9. The van der Waals surface area contributed by atoms with E-state index < -0.39 is 13.7 Å². The summed E-state index contributed by atoms with van der Waals surface area (Å²) in [6.07, 6.45) is 4.36. The number of aliphatic hydroxyl groups is 1. The van der Waals surface area contributed by atoms with Gasteiger partial charge in [0.1, 0.15) is 13.7 Å². The average molecular weight is 210 g/mol. The molecule has 0 aromatic carbocycles. The minimum atomic E-state index is -1.34. The molecule has 0 aliphatic heterocycles. The quantitative estimate of drug-likeness (QED) is 0.481. The van der Waals surface area contributed by atoms with Crippen molar-refractivity contribution in [1.29, 1.82) is 0 Å². The zero-order valence-electron chi connectivity index (χ0n) is 9.85. The molecule has 1 fully saturated rings. The molecule has 0 aromatic rings. The second-order valence-electron chi connectivity index (χ2n) is 5.57. The van der Waals surface area contributed by atoms with Crippen molar-refractivity contribution < 1.29 is 5.11 Å². The van der Waals surface area contributed by atoms with E-state index in [1.54, 1.807) is 0 Å². The van der Waals surface area contributed by atoms with Gasteiger partial charge >= 0.3 is 0 Å². The Bertz CT molecular complexity index is 256. The van der Waals surface area contributed by atoms with Gasteiger partial charge in [-0.1, -0.05) is 38.9 Å². The standard InChI is InChI=1S/C12H22OSi/c1-11-7-5-6-8-12(11,13)9-10-14(2,3)4/h11,13H,5-8H2,1-4H3. The third-order valence-electron chi connectivity index (χ3n) is 2.91. The van der Waals surface area contributed by atoms with Gasteiger partial charge in [0.15, 0.2) is 0 Å². The van der Waals surface area contributed by atoms with Gasteiger partial charge in [-0.25, -0.2) is 0 Å². The highest BCUT2D eigenvalue weighted by Crippen LogP contribution is 2.32. The van der Waals surface area contributed by atoms with Crippen molar-refractivity contribution >= 4 is 8.07 Å². The summed E-state index contributed by atoms with van der Waals surface area (Å²) in [5.74, 6) is 3.50. The van der Waals surface area contributed by atoms with Crippen LogP contribution in [-0.2, 0) is 0 Å². The fourth-order valence-corrected chi connectivity index (χ4v) is 2.40. The fraction of sp³-hybridized carbons (Fsp3) is 0.833. The maximum atomic E-state index is 10.4. The second-order valence-corrected chi connectivity index (χ2v) is 10.3. The van der Waals surface area contributed by atoms with Crippen molar-refractivity contribution in [1.82, 2.24) is 0 Å². The van der Waals surface area contributed by atoms with E-state index in [9.17, 15) is 5.11 Å². The molecule has 0 radical (unpaired) electrons. The Hall–Kier alpha value is -0.263. The normalized spacial score (nSPS) is 33.4. The van der Waals surface area contributed by atoms with Gasteiger partial charge in [-0.2, -0.15) is 0 Å². The van der Waals surface area contributed by atoms with Crippen LogP contribution < -0.4 is 0 Å². The molecule has 80 valence electrons. The Morgan fingerprint density at radius 3 is 2.43 bits per heavy atom. The molecular weight excluding hydrogens is 188 g/mol. The van der Waals surface area contributed by atoms with Crippen LogP contribution in [0.3, 0.4) is 0 Å². The molecular formula is C12H22OSi. The lowest BCUT2D eigenvalue weighted by atomic mass is 9.77. The first-order valence-corrected chi connectivity index (χ1v) is 9.10. The van der Waals surface area contributed by atoms with Crippen LogP contribution in [-0.4, -0.2) is 18.8 Å². The monoisotopic (exact) mass is 210 g/mol. The molecule has 14 heavy (non-hydrogen) atoms. The van der Waals surface area contributed by atoms with Gasteiger partial charge in [0.2, 0.25) is 0 Å². The average Bonchev–Trinajstić information content (AvgIpc) is 2.06. The van der Waals surface area contributed by atoms with Crippen LogP contribution in [0.5, 0.6) is 0 Å². The summed E-state index contributed by atoms with van der Waals surface area (Å²) < 4.78 is 0. The Morgan fingerprint density at radius 1 is 1.29 bits per heavy atom. The highest BCUT2D eigenvalue weighted by atomic mass is 28.3. The molecule has 0 bridgehead atoms. The molecule has 0 spiro atoms. The molecule has 1 saturated carbocycles. The summed E-state index contributed by atoms with van der Waals surface area (Å²) in [6.45, 7) is 8.78. The molecule has 2 heteroatoms. The molecule has 0 aromatic heterocycles. The first-order valence-electron chi connectivity index (χ1n) is 5.60. The Kier molecular flexibility index (Phi) is 3.44. The minimum absolute atomic E-state index is 0.347. The van der Waals surface area contributed by atoms with E-state index in [1.165, 1.54) is 6.42 Å². The van der Waals surface area contributed by atoms with Crippen LogP contribution in [0, 0.1) is 17.4 Å². The van der Waals surface area contributed by atoms with Gasteiger partial charge in [0, 0.05) is 0 Å². The summed E-state index contributed by atoms with van der Waals surface area (Å²) in [5.41, 5.74) is 2.62. The SMILES string of the molecule is CC1CCCCC1(O)C#C[Si](C)(C)C. The Morgan fingerprint density at radius 2 is 1.93 bits per heavy atom. The van der Waals surface area contributed by atoms with Gasteiger partial charge < -0.3 is 5.11 Å². The molecule has 1 aliphatic carbocycles. The largest absolute Gasteiger partial charge is 0.377 e. The predicted molar refractivity (Wildman–Crippen MR) is 63.7 cm³/mol. The van der Waals surface area contributed by atoms with Crippen LogP contribution in [0.1, 0.15) is 32.6 Å². The van der Waals surface area contributed by atoms with E-state index in [0.717, 1.165) is 19.3 Å². The van der Waals surface area contributed by atoms with Crippen LogP contribution in [0.2, 0.25) is 19.6 Å². The Labute approximate surface area is 88.9 Å². The van der Waals surface area contributed by atoms with Crippen LogP contribution in [0.25, 0.3) is 0 Å². The topological polar surface area (TPSA) is 20.2 Å². The molecule has 1 aliphatic rings. The third-order valence-corrected chi connectivity index (χ3v) is 3.79. The van der Waals surface area contributed by atoms with Crippen molar-refractivity contribution in [3.05, 3.63) is 0 Å². The van der Waals surface area contributed by atoms with Crippen molar-refractivity contribution in [2.24, 2.45) is 5.92 Å². The fourth-order valence-electron chi connectivity index (χ4n) is 1.81.